The molecule has 1 saturated heterocycles. The molecule has 5 heteroatoms. The molecule has 2 aromatic heterocycles. The van der Waals surface area contributed by atoms with Gasteiger partial charge >= 0.3 is 0 Å². The average molecular weight is 286 g/mol. The van der Waals surface area contributed by atoms with Crippen LogP contribution in [0.1, 0.15) is 56.4 Å². The lowest BCUT2D eigenvalue weighted by molar-refractivity contribution is 0.0635. The number of carbonyl (C=O) groups is 1. The van der Waals surface area contributed by atoms with E-state index in [2.05, 4.69) is 30.9 Å². The van der Waals surface area contributed by atoms with Crippen molar-refractivity contribution in [3.05, 3.63) is 24.0 Å². The highest BCUT2D eigenvalue weighted by Crippen LogP contribution is 2.21. The minimum atomic E-state index is 0.0916. The maximum absolute atomic E-state index is 12.7. The van der Waals surface area contributed by atoms with Crippen molar-refractivity contribution in [1.82, 2.24) is 19.7 Å². The zero-order valence-corrected chi connectivity index (χ0v) is 12.9. The molecule has 0 N–H and O–H groups in total. The van der Waals surface area contributed by atoms with E-state index in [1.165, 1.54) is 6.42 Å². The second-order valence-electron chi connectivity index (χ2n) is 6.16. The highest BCUT2D eigenvalue weighted by Gasteiger charge is 2.24. The van der Waals surface area contributed by atoms with Gasteiger partial charge in [-0.1, -0.05) is 0 Å². The molecule has 0 aromatic carbocycles. The third kappa shape index (κ3) is 2.52. The van der Waals surface area contributed by atoms with Crippen LogP contribution in [-0.2, 0) is 0 Å². The van der Waals surface area contributed by atoms with E-state index in [-0.39, 0.29) is 11.9 Å². The van der Waals surface area contributed by atoms with Crippen LogP contribution in [0, 0.1) is 0 Å². The van der Waals surface area contributed by atoms with E-state index >= 15 is 0 Å². The lowest BCUT2D eigenvalue weighted by atomic mass is 10.0. The molecular weight excluding hydrogens is 264 g/mol. The summed E-state index contributed by atoms with van der Waals surface area (Å²) in [6, 6.07) is 2.50. The van der Waals surface area contributed by atoms with Crippen molar-refractivity contribution in [1.29, 1.82) is 0 Å². The van der Waals surface area contributed by atoms with Crippen LogP contribution < -0.4 is 0 Å². The molecule has 2 aromatic rings. The molecule has 3 rings (SSSR count). The van der Waals surface area contributed by atoms with Gasteiger partial charge in [-0.05, 0) is 46.1 Å². The van der Waals surface area contributed by atoms with Crippen LogP contribution in [0.2, 0.25) is 0 Å². The molecule has 0 spiro atoms. The standard InChI is InChI=1S/C16H22N4O/c1-11(2)20-15-13(10-18-20)8-14(9-17-15)16(21)19-7-5-4-6-12(19)3/h8-12H,4-7H2,1-3H3. The van der Waals surface area contributed by atoms with Crippen molar-refractivity contribution in [2.75, 3.05) is 6.54 Å². The number of pyridine rings is 1. The summed E-state index contributed by atoms with van der Waals surface area (Å²) in [6.07, 6.45) is 6.87. The van der Waals surface area contributed by atoms with Crippen LogP contribution in [0.15, 0.2) is 18.5 Å². The Hall–Kier alpha value is -1.91. The number of likely N-dealkylation sites (tertiary alicyclic amines) is 1. The SMILES string of the molecule is CC1CCCCN1C(=O)c1cnc2c(cnn2C(C)C)c1. The van der Waals surface area contributed by atoms with Crippen LogP contribution in [0.4, 0.5) is 0 Å². The van der Waals surface area contributed by atoms with Gasteiger partial charge in [0.15, 0.2) is 5.65 Å². The molecule has 5 nitrogen and oxygen atoms in total. The average Bonchev–Trinajstić information content (AvgIpc) is 2.90. The topological polar surface area (TPSA) is 51.0 Å². The van der Waals surface area contributed by atoms with Crippen molar-refractivity contribution < 1.29 is 4.79 Å². The van der Waals surface area contributed by atoms with Crippen LogP contribution in [0.5, 0.6) is 0 Å². The van der Waals surface area contributed by atoms with Crippen molar-refractivity contribution in [2.24, 2.45) is 0 Å². The quantitative estimate of drug-likeness (QED) is 0.852. The molecule has 0 aliphatic carbocycles. The van der Waals surface area contributed by atoms with Gasteiger partial charge in [0.1, 0.15) is 0 Å². The molecule has 1 unspecified atom stereocenters. The molecule has 21 heavy (non-hydrogen) atoms. The van der Waals surface area contributed by atoms with E-state index in [0.717, 1.165) is 30.4 Å². The lowest BCUT2D eigenvalue weighted by Gasteiger charge is -2.33. The Morgan fingerprint density at radius 1 is 1.33 bits per heavy atom. The monoisotopic (exact) mass is 286 g/mol. The number of aromatic nitrogens is 3. The first kappa shape index (κ1) is 14.0. The second-order valence-corrected chi connectivity index (χ2v) is 6.16. The number of fused-ring (bicyclic) bond motifs is 1. The summed E-state index contributed by atoms with van der Waals surface area (Å²) in [6.45, 7) is 7.12. The Labute approximate surface area is 125 Å². The fourth-order valence-corrected chi connectivity index (χ4v) is 3.00. The van der Waals surface area contributed by atoms with E-state index in [4.69, 9.17) is 0 Å². The second kappa shape index (κ2) is 5.47. The van der Waals surface area contributed by atoms with Crippen LogP contribution >= 0.6 is 0 Å². The first-order valence-corrected chi connectivity index (χ1v) is 7.72. The molecule has 1 aliphatic rings. The fourth-order valence-electron chi connectivity index (χ4n) is 3.00. The summed E-state index contributed by atoms with van der Waals surface area (Å²) < 4.78 is 1.88. The first-order chi connectivity index (χ1) is 10.1. The van der Waals surface area contributed by atoms with Gasteiger partial charge in [-0.3, -0.25) is 4.79 Å². The molecule has 1 atom stereocenters. The van der Waals surface area contributed by atoms with Gasteiger partial charge < -0.3 is 4.90 Å². The smallest absolute Gasteiger partial charge is 0.255 e. The number of amides is 1. The minimum absolute atomic E-state index is 0.0916. The first-order valence-electron chi connectivity index (χ1n) is 7.72. The highest BCUT2D eigenvalue weighted by atomic mass is 16.2. The Kier molecular flexibility index (Phi) is 3.66. The summed E-state index contributed by atoms with van der Waals surface area (Å²) in [5.74, 6) is 0.0916. The Morgan fingerprint density at radius 2 is 2.14 bits per heavy atom. The molecule has 0 saturated carbocycles. The maximum Gasteiger partial charge on any atom is 0.255 e. The Bertz CT molecular complexity index is 661. The fraction of sp³-hybridized carbons (Fsp3) is 0.562. The summed E-state index contributed by atoms with van der Waals surface area (Å²) in [5, 5.41) is 5.28. The van der Waals surface area contributed by atoms with Gasteiger partial charge in [-0.25, -0.2) is 9.67 Å². The molecule has 1 amide bonds. The van der Waals surface area contributed by atoms with E-state index in [1.54, 1.807) is 12.4 Å². The van der Waals surface area contributed by atoms with Crippen LogP contribution in [0.3, 0.4) is 0 Å². The number of nitrogens with zero attached hydrogens (tertiary/aromatic N) is 4. The number of hydrogen-bond acceptors (Lipinski definition) is 3. The van der Waals surface area contributed by atoms with Crippen LogP contribution in [0.25, 0.3) is 11.0 Å². The molecule has 3 heterocycles. The summed E-state index contributed by atoms with van der Waals surface area (Å²) in [7, 11) is 0. The molecule has 1 fully saturated rings. The van der Waals surface area contributed by atoms with Crippen molar-refractivity contribution in [3.8, 4) is 0 Å². The van der Waals surface area contributed by atoms with Gasteiger partial charge in [-0.15, -0.1) is 0 Å². The molecule has 0 radical (unpaired) electrons. The third-order valence-corrected chi connectivity index (χ3v) is 4.23. The summed E-state index contributed by atoms with van der Waals surface area (Å²) >= 11 is 0. The lowest BCUT2D eigenvalue weighted by Crippen LogP contribution is -2.42. The largest absolute Gasteiger partial charge is 0.336 e. The molecule has 1 aliphatic heterocycles. The molecular formula is C16H22N4O. The van der Waals surface area contributed by atoms with Gasteiger partial charge in [0, 0.05) is 30.2 Å². The summed E-state index contributed by atoms with van der Waals surface area (Å²) in [5.41, 5.74) is 1.51. The van der Waals surface area contributed by atoms with E-state index in [9.17, 15) is 4.79 Å². The van der Waals surface area contributed by atoms with Crippen molar-refractivity contribution in [2.45, 2.75) is 52.1 Å². The Balaban J connectivity index is 1.92. The van der Waals surface area contributed by atoms with Gasteiger partial charge in [-0.2, -0.15) is 5.10 Å². The van der Waals surface area contributed by atoms with Gasteiger partial charge in [0.2, 0.25) is 0 Å². The third-order valence-electron chi connectivity index (χ3n) is 4.23. The van der Waals surface area contributed by atoms with E-state index < -0.39 is 0 Å². The number of rotatable bonds is 2. The maximum atomic E-state index is 12.7. The number of hydrogen-bond donors (Lipinski definition) is 0. The van der Waals surface area contributed by atoms with E-state index in [1.807, 2.05) is 15.6 Å². The zero-order chi connectivity index (χ0) is 15.0. The molecule has 0 bridgehead atoms. The predicted molar refractivity (Wildman–Crippen MR) is 82.3 cm³/mol. The van der Waals surface area contributed by atoms with Gasteiger partial charge in [0.05, 0.1) is 11.8 Å². The van der Waals surface area contributed by atoms with Crippen molar-refractivity contribution >= 4 is 16.9 Å². The summed E-state index contributed by atoms with van der Waals surface area (Å²) in [4.78, 5) is 19.1. The Morgan fingerprint density at radius 3 is 2.86 bits per heavy atom. The highest BCUT2D eigenvalue weighted by molar-refractivity contribution is 5.97. The van der Waals surface area contributed by atoms with Gasteiger partial charge in [0.25, 0.3) is 5.91 Å². The zero-order valence-electron chi connectivity index (χ0n) is 12.9. The minimum Gasteiger partial charge on any atom is -0.336 e. The van der Waals surface area contributed by atoms with E-state index in [0.29, 0.717) is 11.6 Å². The number of carbonyl (C=O) groups excluding carboxylic acids is 1. The predicted octanol–water partition coefficient (Wildman–Crippen LogP) is 3.03. The van der Waals surface area contributed by atoms with Crippen molar-refractivity contribution in [3.63, 3.8) is 0 Å². The van der Waals surface area contributed by atoms with Crippen LogP contribution in [-0.4, -0.2) is 38.2 Å². The molecule has 112 valence electrons. The number of piperidine rings is 1. The normalized spacial score (nSPS) is 19.4.